The maximum Gasteiger partial charge on any atom is 0.00684 e. The lowest BCUT2D eigenvalue weighted by molar-refractivity contribution is 0.0859. The summed E-state index contributed by atoms with van der Waals surface area (Å²) in [6, 6.07) is 3.17. The van der Waals surface area contributed by atoms with Crippen LogP contribution in [0.5, 0.6) is 0 Å². The van der Waals surface area contributed by atoms with E-state index in [0.717, 1.165) is 12.0 Å². The second-order valence-corrected chi connectivity index (χ2v) is 9.38. The lowest BCUT2D eigenvalue weighted by atomic mass is 9.62. The summed E-state index contributed by atoms with van der Waals surface area (Å²) in [4.78, 5) is 0. The van der Waals surface area contributed by atoms with Crippen molar-refractivity contribution in [2.45, 2.75) is 71.8 Å². The highest BCUT2D eigenvalue weighted by Gasteiger charge is 2.39. The first-order chi connectivity index (χ1) is 9.97. The molecule has 1 nitrogen and oxygen atoms in total. The van der Waals surface area contributed by atoms with Crippen molar-refractivity contribution in [3.63, 3.8) is 0 Å². The van der Waals surface area contributed by atoms with Crippen molar-refractivity contribution >= 4 is 11.3 Å². The molecule has 2 heteroatoms. The molecule has 0 amide bonds. The topological polar surface area (TPSA) is 12.0 Å². The lowest BCUT2D eigenvalue weighted by Crippen LogP contribution is -2.41. The Kier molecular flexibility index (Phi) is 4.47. The molecule has 0 aliphatic heterocycles. The quantitative estimate of drug-likeness (QED) is 0.782. The van der Waals surface area contributed by atoms with Crippen LogP contribution in [0, 0.1) is 16.7 Å². The second-order valence-electron chi connectivity index (χ2n) is 8.60. The lowest BCUT2D eigenvalue weighted by Gasteiger charge is -2.44. The highest BCUT2D eigenvalue weighted by atomic mass is 32.1. The van der Waals surface area contributed by atoms with Crippen molar-refractivity contribution in [2.75, 3.05) is 6.54 Å². The van der Waals surface area contributed by atoms with Crippen LogP contribution in [0.15, 0.2) is 16.8 Å². The maximum atomic E-state index is 3.84. The van der Waals surface area contributed by atoms with E-state index < -0.39 is 0 Å². The fraction of sp³-hybridized carbons (Fsp3) is 0.789. The molecule has 2 saturated carbocycles. The minimum Gasteiger partial charge on any atom is -0.313 e. The number of hydrogen-bond donors (Lipinski definition) is 1. The van der Waals surface area contributed by atoms with Crippen LogP contribution >= 0.6 is 11.3 Å². The summed E-state index contributed by atoms with van der Waals surface area (Å²) in [6.45, 7) is 8.51. The van der Waals surface area contributed by atoms with Crippen LogP contribution in [0.2, 0.25) is 0 Å². The van der Waals surface area contributed by atoms with E-state index in [-0.39, 0.29) is 0 Å². The van der Waals surface area contributed by atoms with E-state index in [9.17, 15) is 0 Å². The van der Waals surface area contributed by atoms with Gasteiger partial charge in [-0.05, 0) is 84.1 Å². The normalized spacial score (nSPS) is 30.5. The van der Waals surface area contributed by atoms with Crippen LogP contribution < -0.4 is 5.32 Å². The molecule has 0 saturated heterocycles. The zero-order valence-electron chi connectivity index (χ0n) is 14.0. The van der Waals surface area contributed by atoms with Gasteiger partial charge in [0.1, 0.15) is 0 Å². The van der Waals surface area contributed by atoms with Gasteiger partial charge >= 0.3 is 0 Å². The Bertz CT molecular complexity index is 431. The Hall–Kier alpha value is -0.340. The van der Waals surface area contributed by atoms with E-state index in [1.807, 2.05) is 11.3 Å². The predicted molar refractivity (Wildman–Crippen MR) is 92.9 cm³/mol. The largest absolute Gasteiger partial charge is 0.313 e. The fourth-order valence-electron chi connectivity index (χ4n) is 3.99. The standard InChI is InChI=1S/C19H31NS/c1-18(2,3)16-6-9-19(10-7-16,14-20-17-4-5-17)12-15-8-11-21-13-15/h8,11,13,16-17,20H,4-7,9-10,12,14H2,1-3H3. The third-order valence-corrected chi connectivity index (χ3v) is 6.51. The average molecular weight is 306 g/mol. The molecule has 1 aromatic heterocycles. The number of nitrogens with one attached hydrogen (secondary N) is 1. The minimum atomic E-state index is 0.485. The van der Waals surface area contributed by atoms with E-state index in [4.69, 9.17) is 0 Å². The smallest absolute Gasteiger partial charge is 0.00684 e. The van der Waals surface area contributed by atoms with Gasteiger partial charge in [0.25, 0.3) is 0 Å². The molecule has 1 heterocycles. The number of hydrogen-bond acceptors (Lipinski definition) is 2. The van der Waals surface area contributed by atoms with Crippen molar-refractivity contribution in [3.05, 3.63) is 22.4 Å². The van der Waals surface area contributed by atoms with E-state index in [1.165, 1.54) is 51.5 Å². The third kappa shape index (κ3) is 4.10. The molecular formula is C19H31NS. The molecule has 2 aliphatic carbocycles. The first-order valence-electron chi connectivity index (χ1n) is 8.71. The van der Waals surface area contributed by atoms with Crippen LogP contribution in [-0.2, 0) is 6.42 Å². The van der Waals surface area contributed by atoms with E-state index in [2.05, 4.69) is 42.9 Å². The molecule has 118 valence electrons. The summed E-state index contributed by atoms with van der Waals surface area (Å²) in [7, 11) is 0. The van der Waals surface area contributed by atoms with Gasteiger partial charge in [-0.1, -0.05) is 20.8 Å². The highest BCUT2D eigenvalue weighted by molar-refractivity contribution is 7.07. The van der Waals surface area contributed by atoms with Crippen molar-refractivity contribution in [1.29, 1.82) is 0 Å². The van der Waals surface area contributed by atoms with Gasteiger partial charge in [0.2, 0.25) is 0 Å². The van der Waals surface area contributed by atoms with Gasteiger partial charge in [0.05, 0.1) is 0 Å². The predicted octanol–water partition coefficient (Wildman–Crippen LogP) is 5.27. The Labute approximate surface area is 134 Å². The van der Waals surface area contributed by atoms with E-state index >= 15 is 0 Å². The minimum absolute atomic E-state index is 0.485. The SMILES string of the molecule is CC(C)(C)C1CCC(CNC2CC2)(Cc2ccsc2)CC1. The van der Waals surface area contributed by atoms with Gasteiger partial charge in [0.15, 0.2) is 0 Å². The van der Waals surface area contributed by atoms with Crippen molar-refractivity contribution in [2.24, 2.45) is 16.7 Å². The zero-order chi connectivity index (χ0) is 14.9. The molecule has 2 aliphatic rings. The molecule has 0 aromatic carbocycles. The van der Waals surface area contributed by atoms with Crippen molar-refractivity contribution in [1.82, 2.24) is 5.32 Å². The van der Waals surface area contributed by atoms with Gasteiger partial charge < -0.3 is 5.32 Å². The van der Waals surface area contributed by atoms with Gasteiger partial charge in [-0.2, -0.15) is 11.3 Å². The summed E-state index contributed by atoms with van der Waals surface area (Å²) in [6.07, 6.45) is 9.74. The summed E-state index contributed by atoms with van der Waals surface area (Å²) < 4.78 is 0. The Balaban J connectivity index is 1.65. The molecule has 0 bridgehead atoms. The van der Waals surface area contributed by atoms with E-state index in [0.29, 0.717) is 10.8 Å². The summed E-state index contributed by atoms with van der Waals surface area (Å²) in [5.74, 6) is 0.911. The number of thiophene rings is 1. The zero-order valence-corrected chi connectivity index (χ0v) is 14.8. The Morgan fingerprint density at radius 1 is 1.19 bits per heavy atom. The van der Waals surface area contributed by atoms with Gasteiger partial charge in [0, 0.05) is 12.6 Å². The molecule has 21 heavy (non-hydrogen) atoms. The molecule has 0 unspecified atom stereocenters. The number of rotatable bonds is 5. The van der Waals surface area contributed by atoms with Crippen LogP contribution in [0.1, 0.15) is 64.9 Å². The Morgan fingerprint density at radius 3 is 2.43 bits per heavy atom. The van der Waals surface area contributed by atoms with Crippen LogP contribution in [0.4, 0.5) is 0 Å². The van der Waals surface area contributed by atoms with E-state index in [1.54, 1.807) is 5.56 Å². The van der Waals surface area contributed by atoms with Crippen LogP contribution in [0.25, 0.3) is 0 Å². The monoisotopic (exact) mass is 305 g/mol. The summed E-state index contributed by atoms with van der Waals surface area (Å²) in [5.41, 5.74) is 2.57. The van der Waals surface area contributed by atoms with Crippen LogP contribution in [-0.4, -0.2) is 12.6 Å². The molecule has 0 spiro atoms. The maximum absolute atomic E-state index is 3.84. The van der Waals surface area contributed by atoms with Crippen molar-refractivity contribution < 1.29 is 0 Å². The fourth-order valence-corrected chi connectivity index (χ4v) is 4.66. The van der Waals surface area contributed by atoms with Gasteiger partial charge in [-0.3, -0.25) is 0 Å². The first-order valence-corrected chi connectivity index (χ1v) is 9.66. The summed E-state index contributed by atoms with van der Waals surface area (Å²) in [5, 5.41) is 8.43. The Morgan fingerprint density at radius 2 is 1.90 bits per heavy atom. The molecule has 0 atom stereocenters. The van der Waals surface area contributed by atoms with Crippen LogP contribution in [0.3, 0.4) is 0 Å². The molecular weight excluding hydrogens is 274 g/mol. The highest BCUT2D eigenvalue weighted by Crippen LogP contribution is 2.47. The molecule has 0 radical (unpaired) electrons. The molecule has 1 aromatic rings. The third-order valence-electron chi connectivity index (χ3n) is 5.77. The molecule has 2 fully saturated rings. The van der Waals surface area contributed by atoms with Crippen molar-refractivity contribution in [3.8, 4) is 0 Å². The summed E-state index contributed by atoms with van der Waals surface area (Å²) >= 11 is 1.85. The van der Waals surface area contributed by atoms with Gasteiger partial charge in [-0.15, -0.1) is 0 Å². The average Bonchev–Trinajstić information content (AvgIpc) is 3.13. The second kappa shape index (κ2) is 6.04. The molecule has 1 N–H and O–H groups in total. The van der Waals surface area contributed by atoms with Gasteiger partial charge in [-0.25, -0.2) is 0 Å². The molecule has 3 rings (SSSR count). The first kappa shape index (κ1) is 15.6.